The van der Waals surface area contributed by atoms with Gasteiger partial charge in [0.25, 0.3) is 11.8 Å². The summed E-state index contributed by atoms with van der Waals surface area (Å²) in [6.07, 6.45) is -4.68. The van der Waals surface area contributed by atoms with Crippen LogP contribution in [0.4, 0.5) is 23.7 Å². The molecule has 2 aliphatic rings. The summed E-state index contributed by atoms with van der Waals surface area (Å²) < 4.78 is 62.0. The summed E-state index contributed by atoms with van der Waals surface area (Å²) in [5.74, 6) is -2.30. The number of hydrogen-bond donors (Lipinski definition) is 0. The van der Waals surface area contributed by atoms with Gasteiger partial charge >= 0.3 is 18.2 Å². The molecule has 0 bridgehead atoms. The number of halogens is 3. The van der Waals surface area contributed by atoms with E-state index in [1.165, 1.54) is 33.8 Å². The number of ether oxygens (including phenoxy) is 3. The van der Waals surface area contributed by atoms with Crippen LogP contribution in [0.2, 0.25) is 0 Å². The molecule has 15 heteroatoms. The van der Waals surface area contributed by atoms with E-state index in [1.807, 2.05) is 60.7 Å². The normalized spacial score (nSPS) is 18.6. The van der Waals surface area contributed by atoms with Gasteiger partial charge in [0.1, 0.15) is 12.4 Å². The number of fused-ring (bicyclic) bond motifs is 1. The first kappa shape index (κ1) is 44.0. The van der Waals surface area contributed by atoms with Crippen molar-refractivity contribution in [2.75, 3.05) is 44.8 Å². The van der Waals surface area contributed by atoms with Gasteiger partial charge in [-0.3, -0.25) is 9.59 Å². The van der Waals surface area contributed by atoms with Gasteiger partial charge in [0.2, 0.25) is 5.60 Å². The third kappa shape index (κ3) is 10.5. The summed E-state index contributed by atoms with van der Waals surface area (Å²) in [6, 6.07) is 18.9. The number of hydroxylamine groups is 2. The van der Waals surface area contributed by atoms with Crippen molar-refractivity contribution in [1.82, 2.24) is 14.9 Å². The highest BCUT2D eigenvalue weighted by Gasteiger charge is 2.48. The van der Waals surface area contributed by atoms with E-state index >= 15 is 13.2 Å². The van der Waals surface area contributed by atoms with Crippen LogP contribution in [0.3, 0.4) is 0 Å². The largest absolute Gasteiger partial charge is 0.473 e. The summed E-state index contributed by atoms with van der Waals surface area (Å²) in [4.78, 5) is 64.9. The molecule has 0 spiro atoms. The predicted octanol–water partition coefficient (Wildman–Crippen LogP) is 7.49. The van der Waals surface area contributed by atoms with E-state index < -0.39 is 64.3 Å². The van der Waals surface area contributed by atoms with Gasteiger partial charge < -0.3 is 33.7 Å². The summed E-state index contributed by atoms with van der Waals surface area (Å²) in [7, 11) is 1.34. The molecule has 1 unspecified atom stereocenters. The van der Waals surface area contributed by atoms with Gasteiger partial charge in [0.05, 0.1) is 35.4 Å². The first-order chi connectivity index (χ1) is 27.3. The first-order valence-corrected chi connectivity index (χ1v) is 19.4. The molecular weight excluding hydrogens is 757 g/mol. The van der Waals surface area contributed by atoms with Crippen LogP contribution in [0.1, 0.15) is 81.4 Å². The van der Waals surface area contributed by atoms with Crippen molar-refractivity contribution < 1.29 is 51.4 Å². The second kappa shape index (κ2) is 18.2. The Morgan fingerprint density at radius 2 is 1.62 bits per heavy atom. The van der Waals surface area contributed by atoms with Crippen molar-refractivity contribution >= 4 is 29.6 Å². The highest BCUT2D eigenvalue weighted by molar-refractivity contribution is 6.05. The standard InChI is InChI=1S/C43H53F3N4O8/c1-29(2)50(32-19-14-20-48(26-32)58-39(53)41(3,4)5)37(51)33-23-35-36(24-34(33)43(44,45)46)57-42(6,28-55-7)38(52)49(35)22-21-47(25-30-15-10-8-11-16-30)40(54)56-27-31-17-12-9-13-18-31/h8-13,15-18,23-24,29,32H,14,19-22,25-28H2,1-7H3/t32-,42?/m1/s1. The van der Waals surface area contributed by atoms with Gasteiger partial charge in [-0.15, -0.1) is 5.06 Å². The van der Waals surface area contributed by atoms with E-state index in [0.717, 1.165) is 23.3 Å². The smallest absolute Gasteiger partial charge is 0.417 e. The van der Waals surface area contributed by atoms with Crippen molar-refractivity contribution in [1.29, 1.82) is 0 Å². The highest BCUT2D eigenvalue weighted by atomic mass is 19.4. The van der Waals surface area contributed by atoms with Gasteiger partial charge in [-0.05, 0) is 77.6 Å². The Bertz CT molecular complexity index is 1920. The minimum absolute atomic E-state index is 0.00793. The van der Waals surface area contributed by atoms with E-state index in [2.05, 4.69) is 0 Å². The van der Waals surface area contributed by atoms with Crippen molar-refractivity contribution in [2.24, 2.45) is 5.41 Å². The van der Waals surface area contributed by atoms with Crippen LogP contribution in [0.15, 0.2) is 72.8 Å². The molecule has 12 nitrogen and oxygen atoms in total. The number of alkyl halides is 3. The fourth-order valence-corrected chi connectivity index (χ4v) is 7.06. The van der Waals surface area contributed by atoms with Crippen molar-refractivity contribution in [2.45, 2.75) is 91.4 Å². The molecule has 0 radical (unpaired) electrons. The molecule has 2 atom stereocenters. The second-order valence-electron chi connectivity index (χ2n) is 16.2. The molecule has 0 aliphatic carbocycles. The zero-order valence-electron chi connectivity index (χ0n) is 34.1. The Morgan fingerprint density at radius 3 is 2.21 bits per heavy atom. The molecule has 5 rings (SSSR count). The van der Waals surface area contributed by atoms with E-state index in [1.54, 1.807) is 34.6 Å². The van der Waals surface area contributed by atoms with Crippen LogP contribution >= 0.6 is 0 Å². The van der Waals surface area contributed by atoms with E-state index in [-0.39, 0.29) is 50.8 Å². The molecule has 0 saturated carbocycles. The Morgan fingerprint density at radius 1 is 0.983 bits per heavy atom. The van der Waals surface area contributed by atoms with E-state index in [4.69, 9.17) is 19.0 Å². The molecule has 1 fully saturated rings. The summed E-state index contributed by atoms with van der Waals surface area (Å²) in [5, 5.41) is 1.46. The van der Waals surface area contributed by atoms with Gasteiger partial charge in [0, 0.05) is 45.4 Å². The third-order valence-electron chi connectivity index (χ3n) is 10.0. The molecular formula is C43H53F3N4O8. The predicted molar refractivity (Wildman–Crippen MR) is 210 cm³/mol. The van der Waals surface area contributed by atoms with Crippen LogP contribution < -0.4 is 9.64 Å². The molecule has 3 aromatic rings. The number of hydrogen-bond acceptors (Lipinski definition) is 9. The minimum atomic E-state index is -4.99. The van der Waals surface area contributed by atoms with Crippen molar-refractivity contribution in [3.05, 3.63) is 95.1 Å². The SMILES string of the molecule is COCC1(C)Oc2cc(C(F)(F)F)c(C(=O)N(C(C)C)[C@@H]3CCCN(OC(=O)C(C)(C)C)C3)cc2N(CCN(Cc2ccccc2)C(=O)OCc2ccccc2)C1=O. The van der Waals surface area contributed by atoms with Gasteiger partial charge in [-0.25, -0.2) is 9.59 Å². The van der Waals surface area contributed by atoms with Crippen LogP contribution in [0, 0.1) is 5.41 Å². The monoisotopic (exact) mass is 810 g/mol. The number of carbonyl (C=O) groups is 4. The lowest BCUT2D eigenvalue weighted by Crippen LogP contribution is -2.58. The number of nitrogens with zero attached hydrogens (tertiary/aromatic N) is 4. The second-order valence-corrected chi connectivity index (χ2v) is 16.2. The van der Waals surface area contributed by atoms with Gasteiger partial charge in [-0.1, -0.05) is 60.7 Å². The molecule has 58 heavy (non-hydrogen) atoms. The Labute approximate surface area is 337 Å². The summed E-state index contributed by atoms with van der Waals surface area (Å²) in [5.41, 5.74) is -2.97. The maximum atomic E-state index is 15.0. The number of carbonyl (C=O) groups excluding carboxylic acids is 4. The summed E-state index contributed by atoms with van der Waals surface area (Å²) in [6.45, 7) is 9.99. The molecule has 0 aromatic heterocycles. The summed E-state index contributed by atoms with van der Waals surface area (Å²) >= 11 is 0. The molecule has 1 saturated heterocycles. The first-order valence-electron chi connectivity index (χ1n) is 19.4. The number of anilines is 1. The van der Waals surface area contributed by atoms with Crippen LogP contribution in [0.5, 0.6) is 5.75 Å². The molecule has 2 aliphatic heterocycles. The molecule has 2 heterocycles. The maximum absolute atomic E-state index is 15.0. The number of rotatable bonds is 13. The van der Waals surface area contributed by atoms with Crippen LogP contribution in [-0.2, 0) is 43.2 Å². The molecule has 3 amide bonds. The van der Waals surface area contributed by atoms with Gasteiger partial charge in [-0.2, -0.15) is 13.2 Å². The molecule has 0 N–H and O–H groups in total. The molecule has 314 valence electrons. The zero-order chi connectivity index (χ0) is 42.4. The Hall–Kier alpha value is -5.15. The number of benzene rings is 3. The maximum Gasteiger partial charge on any atom is 0.417 e. The minimum Gasteiger partial charge on any atom is -0.473 e. The van der Waals surface area contributed by atoms with E-state index in [9.17, 15) is 19.2 Å². The average Bonchev–Trinajstić information content (AvgIpc) is 3.16. The fourth-order valence-electron chi connectivity index (χ4n) is 7.06. The Balaban J connectivity index is 1.51. The van der Waals surface area contributed by atoms with Crippen LogP contribution in [0.25, 0.3) is 0 Å². The average molecular weight is 811 g/mol. The third-order valence-corrected chi connectivity index (χ3v) is 10.0. The lowest BCUT2D eigenvalue weighted by Gasteiger charge is -2.42. The number of methoxy groups -OCH3 is 1. The van der Waals surface area contributed by atoms with Crippen molar-refractivity contribution in [3.8, 4) is 5.75 Å². The lowest BCUT2D eigenvalue weighted by molar-refractivity contribution is -0.208. The lowest BCUT2D eigenvalue weighted by atomic mass is 9.96. The zero-order valence-corrected chi connectivity index (χ0v) is 34.1. The highest BCUT2D eigenvalue weighted by Crippen LogP contribution is 2.45. The number of piperidine rings is 1. The van der Waals surface area contributed by atoms with Gasteiger partial charge in [0.15, 0.2) is 0 Å². The quantitative estimate of drug-likeness (QED) is 0.173. The van der Waals surface area contributed by atoms with Crippen molar-refractivity contribution in [3.63, 3.8) is 0 Å². The Kier molecular flexibility index (Phi) is 13.8. The molecule has 3 aromatic carbocycles. The fraction of sp³-hybridized carbons (Fsp3) is 0.488. The topological polar surface area (TPSA) is 118 Å². The van der Waals surface area contributed by atoms with E-state index in [0.29, 0.717) is 19.4 Å². The van der Waals surface area contributed by atoms with Crippen LogP contribution in [-0.4, -0.2) is 96.3 Å². The number of amides is 3.